The summed E-state index contributed by atoms with van der Waals surface area (Å²) in [6.45, 7) is 20.6. The van der Waals surface area contributed by atoms with Crippen molar-refractivity contribution in [2.24, 2.45) is 0 Å². The number of rotatable bonds is 6. The van der Waals surface area contributed by atoms with Gasteiger partial charge in [0.25, 0.3) is 0 Å². The SMILES string of the molecule is CC(C)(C)c1ccc(N(c2ccc(C(C)(C)C)cc2)c2cc3c(c4c2oc2ccccc24)-c2c(cc(N(c4ccc(C(C)(C)C)cc4)c4ccc5ccccc5c4)c4oc5ccccc5c24)C32c3ccccc3-c3ccccc32)cc1. The second-order valence-corrected chi connectivity index (χ2v) is 25.7. The van der Waals surface area contributed by atoms with E-state index in [0.29, 0.717) is 0 Å². The van der Waals surface area contributed by atoms with Crippen molar-refractivity contribution in [3.05, 3.63) is 263 Å². The molecular weight excluding hydrogens is 985 g/mol. The lowest BCUT2D eigenvalue weighted by molar-refractivity contribution is 0.590. The van der Waals surface area contributed by atoms with Gasteiger partial charge in [-0.25, -0.2) is 0 Å². The second kappa shape index (κ2) is 17.4. The molecule has 0 fully saturated rings. The molecule has 0 atom stereocenters. The molecule has 394 valence electrons. The summed E-state index contributed by atoms with van der Waals surface area (Å²) in [5.74, 6) is 0. The Morgan fingerprint density at radius 3 is 1.11 bits per heavy atom. The van der Waals surface area contributed by atoms with Gasteiger partial charge in [0.2, 0.25) is 0 Å². The highest BCUT2D eigenvalue weighted by Crippen LogP contribution is 2.68. The Kier molecular flexibility index (Phi) is 10.5. The Morgan fingerprint density at radius 1 is 0.321 bits per heavy atom. The third-order valence-corrected chi connectivity index (χ3v) is 17.7. The molecule has 0 radical (unpaired) electrons. The Labute approximate surface area is 474 Å². The summed E-state index contributed by atoms with van der Waals surface area (Å²) in [4.78, 5) is 4.90. The first-order valence-electron chi connectivity index (χ1n) is 28.7. The van der Waals surface area contributed by atoms with Crippen LogP contribution in [0.25, 0.3) is 76.9 Å². The van der Waals surface area contributed by atoms with Crippen molar-refractivity contribution in [3.63, 3.8) is 0 Å². The average Bonchev–Trinajstić information content (AvgIpc) is 4.19. The van der Waals surface area contributed by atoms with Crippen molar-refractivity contribution >= 4 is 88.8 Å². The molecule has 2 aliphatic rings. The summed E-state index contributed by atoms with van der Waals surface area (Å²) in [7, 11) is 0. The van der Waals surface area contributed by atoms with Gasteiger partial charge < -0.3 is 18.6 Å². The molecule has 0 amide bonds. The molecule has 2 aliphatic carbocycles. The van der Waals surface area contributed by atoms with Crippen LogP contribution in [0.1, 0.15) is 101 Å². The Balaban J connectivity index is 1.13. The van der Waals surface area contributed by atoms with Gasteiger partial charge in [0.15, 0.2) is 11.2 Å². The van der Waals surface area contributed by atoms with E-state index in [1.165, 1.54) is 72.0 Å². The van der Waals surface area contributed by atoms with Crippen molar-refractivity contribution in [2.45, 2.75) is 84.0 Å². The first kappa shape index (κ1) is 49.0. The van der Waals surface area contributed by atoms with Gasteiger partial charge in [-0.05, 0) is 161 Å². The molecule has 4 heteroatoms. The lowest BCUT2D eigenvalue weighted by Gasteiger charge is -2.33. The molecule has 0 N–H and O–H groups in total. The molecule has 0 aliphatic heterocycles. The fourth-order valence-corrected chi connectivity index (χ4v) is 13.7. The minimum absolute atomic E-state index is 0.0279. The quantitative estimate of drug-likeness (QED) is 0.166. The smallest absolute Gasteiger partial charge is 0.160 e. The summed E-state index contributed by atoms with van der Waals surface area (Å²) in [6.07, 6.45) is 0. The molecule has 4 nitrogen and oxygen atoms in total. The van der Waals surface area contributed by atoms with E-state index in [0.717, 1.165) is 78.0 Å². The van der Waals surface area contributed by atoms with E-state index in [9.17, 15) is 0 Å². The summed E-state index contributed by atoms with van der Waals surface area (Å²) in [5, 5.41) is 6.67. The fraction of sp³-hybridized carbons (Fsp3) is 0.169. The molecular formula is C77H64N2O2. The van der Waals surface area contributed by atoms with E-state index < -0.39 is 5.41 Å². The monoisotopic (exact) mass is 1050 g/mol. The number of furan rings is 2. The molecule has 15 rings (SSSR count). The maximum atomic E-state index is 7.46. The fourth-order valence-electron chi connectivity index (χ4n) is 13.7. The molecule has 11 aromatic carbocycles. The predicted octanol–water partition coefficient (Wildman–Crippen LogP) is 21.8. The van der Waals surface area contributed by atoms with Gasteiger partial charge in [-0.2, -0.15) is 0 Å². The summed E-state index contributed by atoms with van der Waals surface area (Å²) < 4.78 is 14.9. The summed E-state index contributed by atoms with van der Waals surface area (Å²) >= 11 is 0. The molecule has 0 saturated carbocycles. The highest BCUT2D eigenvalue weighted by molar-refractivity contribution is 6.27. The molecule has 0 saturated heterocycles. The van der Waals surface area contributed by atoms with E-state index in [1.807, 2.05) is 0 Å². The standard InChI is InChI=1S/C77H64N2O2/c1-74(2,3)49-31-38-52(39-32-49)78(53-40-33-50(34-41-53)75(4,5)6)64-45-62-70(68-58-24-14-18-28-66(58)80-72(64)68)71-63(77(62)60-26-16-12-22-56(60)57-23-13-17-27-61(57)77)46-65(73-69(71)59-25-15-19-29-67(59)81-73)79(54-42-35-51(36-43-54)76(7,8)9)55-37-30-47-20-10-11-21-48(47)44-55/h10-46H,1-9H3. The minimum Gasteiger partial charge on any atom is -0.454 e. The van der Waals surface area contributed by atoms with Gasteiger partial charge in [0, 0.05) is 44.3 Å². The molecule has 81 heavy (non-hydrogen) atoms. The number of nitrogens with zero attached hydrogens (tertiary/aromatic N) is 2. The third-order valence-electron chi connectivity index (χ3n) is 17.7. The molecule has 1 spiro atoms. The first-order valence-corrected chi connectivity index (χ1v) is 28.7. The summed E-state index contributed by atoms with van der Waals surface area (Å²) in [5.41, 5.74) is 22.2. The maximum absolute atomic E-state index is 7.46. The average molecular weight is 1050 g/mol. The Bertz CT molecular complexity index is 4580. The Hall–Kier alpha value is -9.12. The highest BCUT2D eigenvalue weighted by atomic mass is 16.3. The van der Waals surface area contributed by atoms with Gasteiger partial charge >= 0.3 is 0 Å². The van der Waals surface area contributed by atoms with Crippen molar-refractivity contribution in [1.29, 1.82) is 0 Å². The van der Waals surface area contributed by atoms with Crippen molar-refractivity contribution in [2.75, 3.05) is 9.80 Å². The van der Waals surface area contributed by atoms with Gasteiger partial charge in [0.1, 0.15) is 11.2 Å². The lowest BCUT2D eigenvalue weighted by atomic mass is 9.70. The van der Waals surface area contributed by atoms with Gasteiger partial charge in [0.05, 0.1) is 16.8 Å². The molecule has 2 aromatic heterocycles. The predicted molar refractivity (Wildman–Crippen MR) is 340 cm³/mol. The van der Waals surface area contributed by atoms with Crippen LogP contribution in [0.15, 0.2) is 233 Å². The number of hydrogen-bond acceptors (Lipinski definition) is 4. The third kappa shape index (κ3) is 7.28. The topological polar surface area (TPSA) is 32.8 Å². The van der Waals surface area contributed by atoms with Crippen LogP contribution in [-0.4, -0.2) is 0 Å². The van der Waals surface area contributed by atoms with E-state index in [2.05, 4.69) is 297 Å². The van der Waals surface area contributed by atoms with Crippen molar-refractivity contribution in [3.8, 4) is 22.3 Å². The van der Waals surface area contributed by atoms with E-state index in [1.54, 1.807) is 0 Å². The van der Waals surface area contributed by atoms with Crippen LogP contribution in [0.3, 0.4) is 0 Å². The van der Waals surface area contributed by atoms with Gasteiger partial charge in [-0.15, -0.1) is 0 Å². The van der Waals surface area contributed by atoms with Crippen LogP contribution in [0.5, 0.6) is 0 Å². The molecule has 0 unspecified atom stereocenters. The lowest BCUT2D eigenvalue weighted by Crippen LogP contribution is -2.26. The van der Waals surface area contributed by atoms with E-state index in [4.69, 9.17) is 8.83 Å². The highest BCUT2D eigenvalue weighted by Gasteiger charge is 2.54. The van der Waals surface area contributed by atoms with Crippen LogP contribution in [0.4, 0.5) is 34.1 Å². The van der Waals surface area contributed by atoms with Crippen molar-refractivity contribution < 1.29 is 8.83 Å². The zero-order valence-corrected chi connectivity index (χ0v) is 47.6. The van der Waals surface area contributed by atoms with Gasteiger partial charge in [-0.3, -0.25) is 0 Å². The second-order valence-electron chi connectivity index (χ2n) is 25.7. The number of benzene rings is 11. The normalized spacial score (nSPS) is 13.6. The van der Waals surface area contributed by atoms with Crippen LogP contribution >= 0.6 is 0 Å². The zero-order chi connectivity index (χ0) is 55.3. The maximum Gasteiger partial charge on any atom is 0.160 e. The summed E-state index contributed by atoms with van der Waals surface area (Å²) in [6, 6.07) is 83.8. The minimum atomic E-state index is -0.802. The van der Waals surface area contributed by atoms with Crippen LogP contribution in [0.2, 0.25) is 0 Å². The Morgan fingerprint density at radius 2 is 0.679 bits per heavy atom. The number of hydrogen-bond donors (Lipinski definition) is 0. The molecule has 0 bridgehead atoms. The van der Waals surface area contributed by atoms with E-state index in [-0.39, 0.29) is 16.2 Å². The van der Waals surface area contributed by atoms with Crippen LogP contribution < -0.4 is 9.80 Å². The van der Waals surface area contributed by atoms with Crippen molar-refractivity contribution in [1.82, 2.24) is 0 Å². The van der Waals surface area contributed by atoms with Crippen LogP contribution in [0, 0.1) is 0 Å². The zero-order valence-electron chi connectivity index (χ0n) is 47.6. The number of fused-ring (bicyclic) bond motifs is 19. The number of anilines is 6. The number of para-hydroxylation sites is 2. The van der Waals surface area contributed by atoms with Gasteiger partial charge in [-0.1, -0.05) is 214 Å². The van der Waals surface area contributed by atoms with E-state index >= 15 is 0 Å². The molecule has 13 aromatic rings. The largest absolute Gasteiger partial charge is 0.454 e. The first-order chi connectivity index (χ1) is 39.1. The molecule has 2 heterocycles. The van der Waals surface area contributed by atoms with Crippen LogP contribution in [-0.2, 0) is 21.7 Å².